The molecule has 2 aromatic rings. The van der Waals surface area contributed by atoms with Crippen molar-refractivity contribution in [1.82, 2.24) is 0 Å². The van der Waals surface area contributed by atoms with Gasteiger partial charge in [0.05, 0.1) is 6.61 Å². The maximum Gasteiger partial charge on any atom is 0.191 e. The van der Waals surface area contributed by atoms with E-state index in [1.807, 2.05) is 62.4 Å². The highest BCUT2D eigenvalue weighted by molar-refractivity contribution is 6.09. The molecule has 0 aliphatic rings. The zero-order valence-electron chi connectivity index (χ0n) is 13.7. The highest BCUT2D eigenvalue weighted by atomic mass is 16.5. The quantitative estimate of drug-likeness (QED) is 0.483. The molecule has 0 aromatic heterocycles. The lowest BCUT2D eigenvalue weighted by Crippen LogP contribution is -2.08. The second-order valence-corrected chi connectivity index (χ2v) is 5.44. The summed E-state index contributed by atoms with van der Waals surface area (Å²) in [7, 11) is 1.57. The van der Waals surface area contributed by atoms with Crippen molar-refractivity contribution in [2.75, 3.05) is 13.7 Å². The van der Waals surface area contributed by atoms with E-state index in [2.05, 4.69) is 11.8 Å². The predicted molar refractivity (Wildman–Crippen MR) is 93.5 cm³/mol. The molecule has 0 atom stereocenters. The summed E-state index contributed by atoms with van der Waals surface area (Å²) >= 11 is 0. The molecule has 0 aliphatic heterocycles. The summed E-state index contributed by atoms with van der Waals surface area (Å²) in [6, 6.07) is 15.5. The third kappa shape index (κ3) is 4.95. The summed E-state index contributed by atoms with van der Waals surface area (Å²) in [6.45, 7) is 4.24. The summed E-state index contributed by atoms with van der Waals surface area (Å²) in [6.07, 6.45) is 1.65. The average Bonchev–Trinajstić information content (AvgIpc) is 2.53. The van der Waals surface area contributed by atoms with Crippen LogP contribution < -0.4 is 0 Å². The fraction of sp³-hybridized carbons (Fsp3) is 0.190. The van der Waals surface area contributed by atoms with Crippen LogP contribution in [0.1, 0.15) is 27.0 Å². The van der Waals surface area contributed by atoms with Crippen molar-refractivity contribution in [2.45, 2.75) is 13.8 Å². The van der Waals surface area contributed by atoms with Gasteiger partial charge in [-0.25, -0.2) is 0 Å². The molecule has 0 saturated heterocycles. The van der Waals surface area contributed by atoms with Crippen LogP contribution in [-0.4, -0.2) is 19.5 Å². The zero-order valence-corrected chi connectivity index (χ0v) is 13.7. The number of carbonyl (C=O) groups excluding carboxylic acids is 1. The summed E-state index contributed by atoms with van der Waals surface area (Å²) in [4.78, 5) is 12.6. The molecule has 0 bridgehead atoms. The fourth-order valence-corrected chi connectivity index (χ4v) is 2.23. The second kappa shape index (κ2) is 8.12. The SMILES string of the molecule is COC/C(=C\C#Cc1cccc(C)c1)C(=O)c1cccc(C)c1. The lowest BCUT2D eigenvalue weighted by atomic mass is 10.0. The molecule has 23 heavy (non-hydrogen) atoms. The van der Waals surface area contributed by atoms with Crippen molar-refractivity contribution in [3.05, 3.63) is 82.4 Å². The van der Waals surface area contributed by atoms with Crippen LogP contribution in [0.2, 0.25) is 0 Å². The molecule has 0 saturated carbocycles. The number of hydrogen-bond donors (Lipinski definition) is 0. The number of ketones is 1. The van der Waals surface area contributed by atoms with E-state index in [0.29, 0.717) is 11.1 Å². The van der Waals surface area contributed by atoms with Crippen molar-refractivity contribution in [3.8, 4) is 11.8 Å². The molecule has 116 valence electrons. The van der Waals surface area contributed by atoms with Gasteiger partial charge in [-0.05, 0) is 43.7 Å². The smallest absolute Gasteiger partial charge is 0.191 e. The molecule has 0 amide bonds. The molecule has 2 aromatic carbocycles. The third-order valence-electron chi connectivity index (χ3n) is 3.35. The Morgan fingerprint density at radius 3 is 2.43 bits per heavy atom. The number of hydrogen-bond acceptors (Lipinski definition) is 2. The van der Waals surface area contributed by atoms with E-state index in [0.717, 1.165) is 16.7 Å². The van der Waals surface area contributed by atoms with Gasteiger partial charge in [0.2, 0.25) is 0 Å². The monoisotopic (exact) mass is 304 g/mol. The molecule has 0 spiro atoms. The van der Waals surface area contributed by atoms with E-state index in [-0.39, 0.29) is 12.4 Å². The third-order valence-corrected chi connectivity index (χ3v) is 3.35. The number of allylic oxidation sites excluding steroid dienone is 1. The van der Waals surface area contributed by atoms with Crippen LogP contribution in [0, 0.1) is 25.7 Å². The summed E-state index contributed by atoms with van der Waals surface area (Å²) in [5.41, 5.74) is 4.36. The Bertz CT molecular complexity index is 789. The number of Topliss-reactive ketones (excluding diaryl/α,β-unsaturated/α-hetero) is 1. The number of benzene rings is 2. The Hall–Kier alpha value is -2.63. The van der Waals surface area contributed by atoms with Gasteiger partial charge in [0.1, 0.15) is 0 Å². The van der Waals surface area contributed by atoms with Crippen LogP contribution in [0.3, 0.4) is 0 Å². The summed E-state index contributed by atoms with van der Waals surface area (Å²) in [5, 5.41) is 0. The number of carbonyl (C=O) groups is 1. The standard InChI is InChI=1S/C21H20O2/c1-16-7-4-9-18(13-16)10-6-12-20(15-23-3)21(22)19-11-5-8-17(2)14-19/h4-5,7-9,11-14H,15H2,1-3H3/b20-12+. The minimum atomic E-state index is -0.0471. The maximum atomic E-state index is 12.6. The van der Waals surface area contributed by atoms with Crippen LogP contribution >= 0.6 is 0 Å². The van der Waals surface area contributed by atoms with E-state index in [1.165, 1.54) is 0 Å². The van der Waals surface area contributed by atoms with E-state index in [1.54, 1.807) is 13.2 Å². The van der Waals surface area contributed by atoms with Gasteiger partial charge >= 0.3 is 0 Å². The van der Waals surface area contributed by atoms with Crippen molar-refractivity contribution < 1.29 is 9.53 Å². The van der Waals surface area contributed by atoms with Crippen molar-refractivity contribution >= 4 is 5.78 Å². The van der Waals surface area contributed by atoms with E-state index in [4.69, 9.17) is 4.74 Å². The first kappa shape index (κ1) is 16.7. The Morgan fingerprint density at radius 2 is 1.78 bits per heavy atom. The van der Waals surface area contributed by atoms with Gasteiger partial charge in [-0.15, -0.1) is 0 Å². The van der Waals surface area contributed by atoms with E-state index in [9.17, 15) is 4.79 Å². The first-order valence-electron chi connectivity index (χ1n) is 7.47. The van der Waals surface area contributed by atoms with Crippen LogP contribution in [0.4, 0.5) is 0 Å². The average molecular weight is 304 g/mol. The topological polar surface area (TPSA) is 26.3 Å². The van der Waals surface area contributed by atoms with Gasteiger partial charge < -0.3 is 4.74 Å². The van der Waals surface area contributed by atoms with Gasteiger partial charge in [-0.3, -0.25) is 4.79 Å². The lowest BCUT2D eigenvalue weighted by molar-refractivity contribution is 0.101. The van der Waals surface area contributed by atoms with E-state index < -0.39 is 0 Å². The molecule has 2 nitrogen and oxygen atoms in total. The van der Waals surface area contributed by atoms with Gasteiger partial charge in [0, 0.05) is 23.8 Å². The highest BCUT2D eigenvalue weighted by Gasteiger charge is 2.11. The first-order valence-corrected chi connectivity index (χ1v) is 7.47. The normalized spacial score (nSPS) is 10.8. The Morgan fingerprint density at radius 1 is 1.09 bits per heavy atom. The van der Waals surface area contributed by atoms with E-state index >= 15 is 0 Å². The molecular formula is C21H20O2. The van der Waals surface area contributed by atoms with Crippen molar-refractivity contribution in [3.63, 3.8) is 0 Å². The van der Waals surface area contributed by atoms with Crippen molar-refractivity contribution in [2.24, 2.45) is 0 Å². The molecule has 2 heteroatoms. The molecule has 0 fully saturated rings. The second-order valence-electron chi connectivity index (χ2n) is 5.44. The number of ether oxygens (including phenoxy) is 1. The van der Waals surface area contributed by atoms with Gasteiger partial charge in [-0.2, -0.15) is 0 Å². The van der Waals surface area contributed by atoms with Gasteiger partial charge in [0.25, 0.3) is 0 Å². The molecule has 2 rings (SSSR count). The first-order chi connectivity index (χ1) is 11.1. The van der Waals surface area contributed by atoms with Crippen LogP contribution in [-0.2, 0) is 4.74 Å². The highest BCUT2D eigenvalue weighted by Crippen LogP contribution is 2.11. The van der Waals surface area contributed by atoms with Crippen LogP contribution in [0.15, 0.2) is 60.2 Å². The van der Waals surface area contributed by atoms with Gasteiger partial charge in [0.15, 0.2) is 5.78 Å². The fourth-order valence-electron chi connectivity index (χ4n) is 2.23. The van der Waals surface area contributed by atoms with Crippen LogP contribution in [0.25, 0.3) is 0 Å². The minimum Gasteiger partial charge on any atom is -0.380 e. The minimum absolute atomic E-state index is 0.0471. The largest absolute Gasteiger partial charge is 0.380 e. The maximum absolute atomic E-state index is 12.6. The molecular weight excluding hydrogens is 284 g/mol. The Balaban J connectivity index is 2.26. The Labute approximate surface area is 137 Å². The number of rotatable bonds is 4. The lowest BCUT2D eigenvalue weighted by Gasteiger charge is -2.05. The molecule has 0 heterocycles. The summed E-state index contributed by atoms with van der Waals surface area (Å²) in [5.74, 6) is 5.98. The van der Waals surface area contributed by atoms with Crippen molar-refractivity contribution in [1.29, 1.82) is 0 Å². The van der Waals surface area contributed by atoms with Crippen LogP contribution in [0.5, 0.6) is 0 Å². The van der Waals surface area contributed by atoms with Gasteiger partial charge in [-0.1, -0.05) is 47.7 Å². The predicted octanol–water partition coefficient (Wildman–Crippen LogP) is 4.11. The zero-order chi connectivity index (χ0) is 16.7. The molecule has 0 N–H and O–H groups in total. The molecule has 0 radical (unpaired) electrons. The summed E-state index contributed by atoms with van der Waals surface area (Å²) < 4.78 is 5.14. The Kier molecular flexibility index (Phi) is 5.91. The molecule has 0 aliphatic carbocycles. The number of aryl methyl sites for hydroxylation is 2. The number of methoxy groups -OCH3 is 1. The molecule has 0 unspecified atom stereocenters.